The molecule has 3 nitrogen and oxygen atoms in total. The van der Waals surface area contributed by atoms with Crippen molar-refractivity contribution in [2.75, 3.05) is 20.3 Å². The second-order valence-corrected chi connectivity index (χ2v) is 6.43. The van der Waals surface area contributed by atoms with Crippen molar-refractivity contribution in [3.8, 4) is 0 Å². The highest BCUT2D eigenvalue weighted by Crippen LogP contribution is 2.36. The zero-order chi connectivity index (χ0) is 12.5. The van der Waals surface area contributed by atoms with E-state index < -0.39 is 5.60 Å². The highest BCUT2D eigenvalue weighted by molar-refractivity contribution is 4.97. The summed E-state index contributed by atoms with van der Waals surface area (Å²) in [7, 11) is 2.17. The summed E-state index contributed by atoms with van der Waals surface area (Å²) in [6.45, 7) is 6.08. The molecule has 2 heterocycles. The van der Waals surface area contributed by atoms with Gasteiger partial charge in [0.1, 0.15) is 0 Å². The van der Waals surface area contributed by atoms with Crippen LogP contribution in [-0.4, -0.2) is 48.0 Å². The molecular formula is C14H27NO2. The average molecular weight is 241 g/mol. The Hall–Kier alpha value is -0.120. The molecule has 2 bridgehead atoms. The number of aliphatic hydroxyl groups is 1. The van der Waals surface area contributed by atoms with E-state index in [1.807, 2.05) is 0 Å². The Morgan fingerprint density at radius 2 is 1.88 bits per heavy atom. The van der Waals surface area contributed by atoms with E-state index in [4.69, 9.17) is 4.74 Å². The molecule has 100 valence electrons. The van der Waals surface area contributed by atoms with E-state index in [1.165, 1.54) is 6.42 Å². The maximum absolute atomic E-state index is 10.7. The van der Waals surface area contributed by atoms with Crippen molar-refractivity contribution in [2.24, 2.45) is 5.92 Å². The third kappa shape index (κ3) is 3.21. The number of ether oxygens (including phenoxy) is 1. The first kappa shape index (κ1) is 13.3. The van der Waals surface area contributed by atoms with Crippen molar-refractivity contribution in [3.05, 3.63) is 0 Å². The Bertz CT molecular complexity index is 241. The minimum atomic E-state index is -0.430. The molecule has 0 spiro atoms. The van der Waals surface area contributed by atoms with E-state index in [-0.39, 0.29) is 0 Å². The molecule has 2 aliphatic heterocycles. The number of hydrogen-bond acceptors (Lipinski definition) is 3. The summed E-state index contributed by atoms with van der Waals surface area (Å²) >= 11 is 0. The van der Waals surface area contributed by atoms with Gasteiger partial charge in [0.05, 0.1) is 18.8 Å². The molecular weight excluding hydrogens is 214 g/mol. The smallest absolute Gasteiger partial charge is 0.0679 e. The number of likely N-dealkylation sites (N-methyl/N-ethyl adjacent to an activating group) is 1. The molecule has 2 atom stereocenters. The molecule has 17 heavy (non-hydrogen) atoms. The first-order valence-corrected chi connectivity index (χ1v) is 7.02. The van der Waals surface area contributed by atoms with Gasteiger partial charge in [-0.2, -0.15) is 0 Å². The molecule has 2 saturated heterocycles. The van der Waals surface area contributed by atoms with Gasteiger partial charge in [0.2, 0.25) is 0 Å². The van der Waals surface area contributed by atoms with Crippen molar-refractivity contribution >= 4 is 0 Å². The maximum atomic E-state index is 10.7. The summed E-state index contributed by atoms with van der Waals surface area (Å²) in [6, 6.07) is 0.845. The zero-order valence-electron chi connectivity index (χ0n) is 11.5. The molecule has 0 aliphatic carbocycles. The fourth-order valence-corrected chi connectivity index (χ4v) is 3.28. The van der Waals surface area contributed by atoms with Gasteiger partial charge in [-0.1, -0.05) is 26.7 Å². The second kappa shape index (κ2) is 5.25. The topological polar surface area (TPSA) is 32.7 Å². The predicted octanol–water partition coefficient (Wildman–Crippen LogP) is 2.04. The molecule has 0 saturated carbocycles. The van der Waals surface area contributed by atoms with Crippen molar-refractivity contribution in [2.45, 2.75) is 63.6 Å². The lowest BCUT2D eigenvalue weighted by molar-refractivity contribution is -0.137. The number of hydrogen-bond donors (Lipinski definition) is 1. The molecule has 2 aliphatic rings. The Kier molecular flexibility index (Phi) is 4.11. The maximum Gasteiger partial charge on any atom is 0.0679 e. The third-order valence-corrected chi connectivity index (χ3v) is 4.43. The van der Waals surface area contributed by atoms with Crippen LogP contribution in [0.15, 0.2) is 0 Å². The predicted molar refractivity (Wildman–Crippen MR) is 69.0 cm³/mol. The largest absolute Gasteiger partial charge is 0.390 e. The van der Waals surface area contributed by atoms with Gasteiger partial charge in [-0.05, 0) is 32.2 Å². The van der Waals surface area contributed by atoms with Crippen LogP contribution >= 0.6 is 0 Å². The van der Waals surface area contributed by atoms with E-state index in [2.05, 4.69) is 25.8 Å². The van der Waals surface area contributed by atoms with E-state index in [0.29, 0.717) is 12.1 Å². The fraction of sp³-hybridized carbons (Fsp3) is 1.00. The standard InChI is InChI=1S/C14H27NO2/c1-11(2)5-4-6-14(16)7-12-9-17-10-13(8-14)15(12)3/h11-13,16H,4-10H2,1-3H3. The van der Waals surface area contributed by atoms with Gasteiger partial charge in [-0.3, -0.25) is 4.90 Å². The van der Waals surface area contributed by atoms with E-state index in [9.17, 15) is 5.11 Å². The van der Waals surface area contributed by atoms with Crippen molar-refractivity contribution in [1.29, 1.82) is 0 Å². The van der Waals surface area contributed by atoms with Crippen molar-refractivity contribution in [1.82, 2.24) is 4.90 Å². The molecule has 0 radical (unpaired) electrons. The van der Waals surface area contributed by atoms with Gasteiger partial charge in [0.15, 0.2) is 0 Å². The SMILES string of the molecule is CC(C)CCCC1(O)CC2COCC(C1)N2C. The van der Waals surface area contributed by atoms with Crippen LogP contribution < -0.4 is 0 Å². The normalized spacial score (nSPS) is 38.6. The van der Waals surface area contributed by atoms with Crippen LogP contribution in [0, 0.1) is 5.92 Å². The van der Waals surface area contributed by atoms with E-state index in [1.54, 1.807) is 0 Å². The van der Waals surface area contributed by atoms with E-state index in [0.717, 1.165) is 44.8 Å². The molecule has 0 aromatic rings. The first-order valence-electron chi connectivity index (χ1n) is 7.02. The zero-order valence-corrected chi connectivity index (χ0v) is 11.5. The van der Waals surface area contributed by atoms with Crippen molar-refractivity contribution < 1.29 is 9.84 Å². The summed E-state index contributed by atoms with van der Waals surface area (Å²) in [6.07, 6.45) is 5.12. The lowest BCUT2D eigenvalue weighted by atomic mass is 9.78. The van der Waals surface area contributed by atoms with E-state index >= 15 is 0 Å². The summed E-state index contributed by atoms with van der Waals surface area (Å²) in [5, 5.41) is 10.7. The number of piperidine rings is 1. The molecule has 3 heteroatoms. The highest BCUT2D eigenvalue weighted by Gasteiger charge is 2.44. The summed E-state index contributed by atoms with van der Waals surface area (Å²) in [4.78, 5) is 2.40. The first-order chi connectivity index (χ1) is 8.00. The Morgan fingerprint density at radius 3 is 2.41 bits per heavy atom. The van der Waals surface area contributed by atoms with Gasteiger partial charge in [0, 0.05) is 12.1 Å². The number of fused-ring (bicyclic) bond motifs is 2. The highest BCUT2D eigenvalue weighted by atomic mass is 16.5. The van der Waals surface area contributed by atoms with Crippen LogP contribution in [0.4, 0.5) is 0 Å². The van der Waals surface area contributed by atoms with Gasteiger partial charge in [-0.25, -0.2) is 0 Å². The second-order valence-electron chi connectivity index (χ2n) is 6.43. The molecule has 0 aromatic heterocycles. The minimum Gasteiger partial charge on any atom is -0.390 e. The van der Waals surface area contributed by atoms with Gasteiger partial charge >= 0.3 is 0 Å². The summed E-state index contributed by atoms with van der Waals surface area (Å²) < 4.78 is 5.59. The lowest BCUT2D eigenvalue weighted by Crippen LogP contribution is -2.60. The van der Waals surface area contributed by atoms with Crippen LogP contribution in [0.5, 0.6) is 0 Å². The molecule has 0 aromatic carbocycles. The van der Waals surface area contributed by atoms with Crippen LogP contribution in [0.3, 0.4) is 0 Å². The number of nitrogens with zero attached hydrogens (tertiary/aromatic N) is 1. The molecule has 2 unspecified atom stereocenters. The molecule has 0 amide bonds. The summed E-state index contributed by atoms with van der Waals surface area (Å²) in [5.41, 5.74) is -0.430. The monoisotopic (exact) mass is 241 g/mol. The quantitative estimate of drug-likeness (QED) is 0.817. The summed E-state index contributed by atoms with van der Waals surface area (Å²) in [5.74, 6) is 0.743. The average Bonchev–Trinajstić information content (AvgIpc) is 2.20. The van der Waals surface area contributed by atoms with Gasteiger partial charge in [-0.15, -0.1) is 0 Å². The lowest BCUT2D eigenvalue weighted by Gasteiger charge is -2.50. The van der Waals surface area contributed by atoms with Crippen LogP contribution in [-0.2, 0) is 4.74 Å². The Morgan fingerprint density at radius 1 is 1.29 bits per heavy atom. The van der Waals surface area contributed by atoms with Crippen LogP contribution in [0.2, 0.25) is 0 Å². The Labute approximate surface area is 105 Å². The third-order valence-electron chi connectivity index (χ3n) is 4.43. The fourth-order valence-electron chi connectivity index (χ4n) is 3.28. The molecule has 1 N–H and O–H groups in total. The number of rotatable bonds is 4. The molecule has 2 fully saturated rings. The minimum absolute atomic E-state index is 0.423. The van der Waals surface area contributed by atoms with Crippen molar-refractivity contribution in [3.63, 3.8) is 0 Å². The van der Waals surface area contributed by atoms with Gasteiger partial charge in [0.25, 0.3) is 0 Å². The van der Waals surface area contributed by atoms with Crippen LogP contribution in [0.25, 0.3) is 0 Å². The molecule has 2 rings (SSSR count). The number of morpholine rings is 1. The Balaban J connectivity index is 1.88. The van der Waals surface area contributed by atoms with Crippen LogP contribution in [0.1, 0.15) is 46.0 Å². The van der Waals surface area contributed by atoms with Gasteiger partial charge < -0.3 is 9.84 Å².